The van der Waals surface area contributed by atoms with Crippen molar-refractivity contribution in [3.05, 3.63) is 75.0 Å². The monoisotopic (exact) mass is 459 g/mol. The summed E-state index contributed by atoms with van der Waals surface area (Å²) in [6.45, 7) is -0.119. The summed E-state index contributed by atoms with van der Waals surface area (Å²) in [5, 5.41) is 10.8. The van der Waals surface area contributed by atoms with Gasteiger partial charge in [0.2, 0.25) is 5.91 Å². The van der Waals surface area contributed by atoms with Gasteiger partial charge in [0.05, 0.1) is 24.8 Å². The molecule has 4 rings (SSSR count). The van der Waals surface area contributed by atoms with Crippen molar-refractivity contribution >= 4 is 34.8 Å². The molecule has 1 aliphatic rings. The van der Waals surface area contributed by atoms with E-state index in [-0.39, 0.29) is 34.9 Å². The Morgan fingerprint density at radius 2 is 1.97 bits per heavy atom. The zero-order chi connectivity index (χ0) is 23.0. The first-order valence-electron chi connectivity index (χ1n) is 9.26. The van der Waals surface area contributed by atoms with Crippen LogP contribution >= 0.6 is 11.3 Å². The molecule has 164 valence electrons. The summed E-state index contributed by atoms with van der Waals surface area (Å²) in [5.41, 5.74) is 0.205. The molecule has 2 aromatic carbocycles. The van der Waals surface area contributed by atoms with Crippen LogP contribution in [0.4, 0.5) is 14.5 Å². The van der Waals surface area contributed by atoms with Gasteiger partial charge < -0.3 is 14.6 Å². The van der Waals surface area contributed by atoms with Gasteiger partial charge in [0, 0.05) is 11.6 Å². The molecule has 10 heteroatoms. The highest BCUT2D eigenvalue weighted by Gasteiger charge is 2.38. The minimum Gasteiger partial charge on any atom is -0.496 e. The van der Waals surface area contributed by atoms with Crippen molar-refractivity contribution in [2.24, 2.45) is 0 Å². The van der Waals surface area contributed by atoms with E-state index < -0.39 is 29.4 Å². The van der Waals surface area contributed by atoms with E-state index in [4.69, 9.17) is 9.47 Å². The Kier molecular flexibility index (Phi) is 5.62. The SMILES string of the molecule is COc1ccc(F)cc1COc1ccc(F)c(N2C(=O)Cc3csc(C(=O)O)c3C2=O)c1. The number of hydrogen-bond donors (Lipinski definition) is 1. The van der Waals surface area contributed by atoms with Crippen LogP contribution in [-0.2, 0) is 17.8 Å². The Bertz CT molecular complexity index is 1260. The number of benzene rings is 2. The molecule has 0 fully saturated rings. The van der Waals surface area contributed by atoms with E-state index in [1.54, 1.807) is 0 Å². The first kappa shape index (κ1) is 21.4. The van der Waals surface area contributed by atoms with Crippen LogP contribution in [-0.4, -0.2) is 30.0 Å². The van der Waals surface area contributed by atoms with Gasteiger partial charge in [-0.1, -0.05) is 0 Å². The standard InChI is InChI=1S/C22H15F2NO6S/c1-30-17-5-2-13(23)6-11(17)9-31-14-3-4-15(24)16(8-14)25-18(26)7-12-10-32-20(22(28)29)19(12)21(25)27/h2-6,8,10H,7,9H2,1H3,(H,28,29). The number of carboxylic acid groups (broad SMARTS) is 1. The van der Waals surface area contributed by atoms with Gasteiger partial charge in [-0.2, -0.15) is 0 Å². The van der Waals surface area contributed by atoms with Crippen molar-refractivity contribution in [3.8, 4) is 11.5 Å². The lowest BCUT2D eigenvalue weighted by Gasteiger charge is -2.26. The number of thiophene rings is 1. The molecule has 32 heavy (non-hydrogen) atoms. The van der Waals surface area contributed by atoms with Gasteiger partial charge in [-0.05, 0) is 41.3 Å². The molecule has 0 unspecified atom stereocenters. The normalized spacial score (nSPS) is 13.2. The number of anilines is 1. The number of amides is 2. The van der Waals surface area contributed by atoms with E-state index in [0.717, 1.165) is 23.5 Å². The molecule has 0 atom stereocenters. The Labute approximate surface area is 184 Å². The second-order valence-electron chi connectivity index (χ2n) is 6.84. The molecular formula is C22H15F2NO6S. The summed E-state index contributed by atoms with van der Waals surface area (Å²) in [6, 6.07) is 7.38. The molecule has 0 bridgehead atoms. The van der Waals surface area contributed by atoms with Crippen LogP contribution in [0.25, 0.3) is 0 Å². The number of carbonyl (C=O) groups is 3. The summed E-state index contributed by atoms with van der Waals surface area (Å²) >= 11 is 0.834. The summed E-state index contributed by atoms with van der Waals surface area (Å²) in [5.74, 6) is -3.77. The van der Waals surface area contributed by atoms with Gasteiger partial charge in [0.25, 0.3) is 5.91 Å². The summed E-state index contributed by atoms with van der Waals surface area (Å²) in [7, 11) is 1.42. The highest BCUT2D eigenvalue weighted by molar-refractivity contribution is 7.12. The second kappa shape index (κ2) is 8.39. The molecule has 0 saturated heterocycles. The van der Waals surface area contributed by atoms with E-state index in [1.165, 1.54) is 36.8 Å². The van der Waals surface area contributed by atoms with Gasteiger partial charge in [0.15, 0.2) is 0 Å². The summed E-state index contributed by atoms with van der Waals surface area (Å²) in [6.07, 6.45) is -0.240. The topological polar surface area (TPSA) is 93.1 Å². The van der Waals surface area contributed by atoms with Gasteiger partial charge >= 0.3 is 5.97 Å². The third-order valence-electron chi connectivity index (χ3n) is 4.86. The zero-order valence-corrected chi connectivity index (χ0v) is 17.4. The number of hydrogen-bond acceptors (Lipinski definition) is 6. The van der Waals surface area contributed by atoms with Crippen LogP contribution in [0.5, 0.6) is 11.5 Å². The number of nitrogens with zero attached hydrogens (tertiary/aromatic N) is 1. The number of methoxy groups -OCH3 is 1. The smallest absolute Gasteiger partial charge is 0.346 e. The van der Waals surface area contributed by atoms with Crippen molar-refractivity contribution in [1.82, 2.24) is 0 Å². The maximum Gasteiger partial charge on any atom is 0.346 e. The molecule has 0 spiro atoms. The number of ether oxygens (including phenoxy) is 2. The Hall–Kier alpha value is -3.79. The van der Waals surface area contributed by atoms with Crippen molar-refractivity contribution in [1.29, 1.82) is 0 Å². The Morgan fingerprint density at radius 1 is 1.19 bits per heavy atom. The number of carbonyl (C=O) groups excluding carboxylic acids is 2. The fraction of sp³-hybridized carbons (Fsp3) is 0.136. The highest BCUT2D eigenvalue weighted by Crippen LogP contribution is 2.34. The largest absolute Gasteiger partial charge is 0.496 e. The van der Waals surface area contributed by atoms with Crippen LogP contribution in [0.2, 0.25) is 0 Å². The summed E-state index contributed by atoms with van der Waals surface area (Å²) in [4.78, 5) is 37.4. The van der Waals surface area contributed by atoms with Crippen LogP contribution in [0.1, 0.15) is 31.2 Å². The van der Waals surface area contributed by atoms with E-state index in [1.807, 2.05) is 0 Å². The van der Waals surface area contributed by atoms with Crippen molar-refractivity contribution in [2.45, 2.75) is 13.0 Å². The minimum absolute atomic E-state index is 0.114. The van der Waals surface area contributed by atoms with Crippen LogP contribution in [0.15, 0.2) is 41.8 Å². The quantitative estimate of drug-likeness (QED) is 0.560. The maximum atomic E-state index is 14.6. The van der Waals surface area contributed by atoms with Gasteiger partial charge in [0.1, 0.15) is 34.6 Å². The average Bonchev–Trinajstić information content (AvgIpc) is 3.18. The van der Waals surface area contributed by atoms with Crippen molar-refractivity contribution in [3.63, 3.8) is 0 Å². The number of imide groups is 1. The molecule has 1 aliphatic heterocycles. The predicted molar refractivity (Wildman–Crippen MR) is 110 cm³/mol. The lowest BCUT2D eigenvalue weighted by atomic mass is 10.0. The molecular weight excluding hydrogens is 444 g/mol. The second-order valence-corrected chi connectivity index (χ2v) is 7.72. The molecule has 2 amide bonds. The average molecular weight is 459 g/mol. The van der Waals surface area contributed by atoms with E-state index in [9.17, 15) is 28.3 Å². The van der Waals surface area contributed by atoms with Gasteiger partial charge in [-0.25, -0.2) is 18.5 Å². The number of rotatable bonds is 6. The zero-order valence-electron chi connectivity index (χ0n) is 16.6. The van der Waals surface area contributed by atoms with E-state index in [2.05, 4.69) is 0 Å². The highest BCUT2D eigenvalue weighted by atomic mass is 32.1. The molecule has 7 nitrogen and oxygen atoms in total. The number of carboxylic acids is 1. The van der Waals surface area contributed by atoms with E-state index in [0.29, 0.717) is 21.8 Å². The molecule has 0 saturated carbocycles. The van der Waals surface area contributed by atoms with Crippen molar-refractivity contribution in [2.75, 3.05) is 12.0 Å². The van der Waals surface area contributed by atoms with Crippen LogP contribution in [0, 0.1) is 11.6 Å². The third kappa shape index (κ3) is 3.80. The first-order valence-corrected chi connectivity index (χ1v) is 10.1. The fourth-order valence-electron chi connectivity index (χ4n) is 3.40. The number of halogens is 2. The predicted octanol–water partition coefficient (Wildman–Crippen LogP) is 4.04. The summed E-state index contributed by atoms with van der Waals surface area (Å²) < 4.78 is 38.9. The molecule has 1 aromatic heterocycles. The Morgan fingerprint density at radius 3 is 2.69 bits per heavy atom. The molecule has 0 radical (unpaired) electrons. The third-order valence-corrected chi connectivity index (χ3v) is 5.88. The molecule has 0 aliphatic carbocycles. The lowest BCUT2D eigenvalue weighted by molar-refractivity contribution is -0.117. The van der Waals surface area contributed by atoms with Crippen molar-refractivity contribution < 1.29 is 37.7 Å². The number of aromatic carboxylic acids is 1. The van der Waals surface area contributed by atoms with Crippen LogP contribution in [0.3, 0.4) is 0 Å². The maximum absolute atomic E-state index is 14.6. The molecule has 3 aromatic rings. The molecule has 1 N–H and O–H groups in total. The number of fused-ring (bicyclic) bond motifs is 1. The lowest BCUT2D eigenvalue weighted by Crippen LogP contribution is -2.43. The first-order chi connectivity index (χ1) is 15.3. The minimum atomic E-state index is -1.31. The fourth-order valence-corrected chi connectivity index (χ4v) is 4.30. The van der Waals surface area contributed by atoms with Gasteiger partial charge in [-0.3, -0.25) is 9.59 Å². The Balaban J connectivity index is 1.65. The van der Waals surface area contributed by atoms with Crippen LogP contribution < -0.4 is 14.4 Å². The van der Waals surface area contributed by atoms with E-state index >= 15 is 0 Å². The van der Waals surface area contributed by atoms with Gasteiger partial charge in [-0.15, -0.1) is 11.3 Å². The molecule has 2 heterocycles.